The third-order valence-electron chi connectivity index (χ3n) is 0.559. The van der Waals surface area contributed by atoms with E-state index in [9.17, 15) is 4.79 Å². The monoisotopic (exact) mass is 155 g/mol. The first-order chi connectivity index (χ1) is 3.72. The van der Waals surface area contributed by atoms with Gasteiger partial charge in [0.15, 0.2) is 0 Å². The third kappa shape index (κ3) is 2.40. The topological polar surface area (TPSA) is 49.3 Å². The molecule has 0 spiro atoms. The van der Waals surface area contributed by atoms with Crippen LogP contribution < -0.4 is 4.72 Å². The lowest BCUT2D eigenvalue weighted by molar-refractivity contribution is -0.126. The molecule has 48 valence electrons. The molecule has 0 aliphatic rings. The van der Waals surface area contributed by atoms with E-state index in [-0.39, 0.29) is 5.88 Å². The zero-order valence-corrected chi connectivity index (χ0v) is 5.62. The highest BCUT2D eigenvalue weighted by atomic mass is 35.5. The molecular formula is C3H6ClNO2S. The summed E-state index contributed by atoms with van der Waals surface area (Å²) in [5.41, 5.74) is 0. The summed E-state index contributed by atoms with van der Waals surface area (Å²) in [5, 5.41) is 8.53. The minimum Gasteiger partial charge on any atom is -0.382 e. The van der Waals surface area contributed by atoms with Crippen LogP contribution in [-0.4, -0.2) is 23.0 Å². The van der Waals surface area contributed by atoms with Gasteiger partial charge < -0.3 is 9.83 Å². The van der Waals surface area contributed by atoms with Crippen molar-refractivity contribution in [2.24, 2.45) is 0 Å². The van der Waals surface area contributed by atoms with Crippen LogP contribution in [0, 0.1) is 0 Å². The van der Waals surface area contributed by atoms with Gasteiger partial charge in [0.1, 0.15) is 6.10 Å². The molecule has 0 radical (unpaired) electrons. The van der Waals surface area contributed by atoms with Crippen molar-refractivity contribution in [3.05, 3.63) is 0 Å². The molecule has 0 aliphatic heterocycles. The highest BCUT2D eigenvalue weighted by Gasteiger charge is 2.09. The van der Waals surface area contributed by atoms with Gasteiger partial charge in [-0.05, 0) is 0 Å². The number of alkyl halides is 1. The summed E-state index contributed by atoms with van der Waals surface area (Å²) in [6, 6.07) is 0. The Morgan fingerprint density at radius 1 is 2.00 bits per heavy atom. The number of carbonyl (C=O) groups excluding carboxylic acids is 1. The zero-order valence-electron chi connectivity index (χ0n) is 3.97. The van der Waals surface area contributed by atoms with E-state index in [2.05, 4.69) is 12.8 Å². The lowest BCUT2D eigenvalue weighted by Gasteiger charge is -2.00. The van der Waals surface area contributed by atoms with Gasteiger partial charge in [-0.2, -0.15) is 0 Å². The Morgan fingerprint density at radius 3 is 2.62 bits per heavy atom. The predicted molar refractivity (Wildman–Crippen MR) is 33.9 cm³/mol. The molecule has 0 saturated heterocycles. The fourth-order valence-corrected chi connectivity index (χ4v) is 0.434. The lowest BCUT2D eigenvalue weighted by Crippen LogP contribution is -2.29. The Balaban J connectivity index is 3.46. The van der Waals surface area contributed by atoms with Crippen LogP contribution in [0.1, 0.15) is 0 Å². The van der Waals surface area contributed by atoms with Crippen molar-refractivity contribution in [2.45, 2.75) is 6.10 Å². The molecule has 0 heterocycles. The first-order valence-electron chi connectivity index (χ1n) is 1.90. The molecule has 0 bridgehead atoms. The van der Waals surface area contributed by atoms with Gasteiger partial charge in [0.25, 0.3) is 5.91 Å². The van der Waals surface area contributed by atoms with Crippen LogP contribution in [0.2, 0.25) is 0 Å². The average Bonchev–Trinajstić information content (AvgIpc) is 1.84. The standard InChI is InChI=1S/C3H6ClNO2S/c4-1-2(6)3(7)5-8/h2,6,8H,1H2,(H,5,7). The summed E-state index contributed by atoms with van der Waals surface area (Å²) in [4.78, 5) is 10.2. The molecule has 0 rings (SSSR count). The molecule has 5 heteroatoms. The number of halogens is 1. The molecular weight excluding hydrogens is 150 g/mol. The van der Waals surface area contributed by atoms with Crippen LogP contribution in [0.5, 0.6) is 0 Å². The summed E-state index contributed by atoms with van der Waals surface area (Å²) in [7, 11) is 0. The highest BCUT2D eigenvalue weighted by molar-refractivity contribution is 7.78. The van der Waals surface area contributed by atoms with E-state index >= 15 is 0 Å². The summed E-state index contributed by atoms with van der Waals surface area (Å²) in [6.45, 7) is 0. The van der Waals surface area contributed by atoms with Gasteiger partial charge in [0.2, 0.25) is 0 Å². The van der Waals surface area contributed by atoms with Crippen molar-refractivity contribution in [1.29, 1.82) is 0 Å². The molecule has 3 nitrogen and oxygen atoms in total. The first kappa shape index (κ1) is 8.07. The number of aliphatic hydroxyl groups excluding tert-OH is 1. The van der Waals surface area contributed by atoms with Gasteiger partial charge >= 0.3 is 0 Å². The fraction of sp³-hybridized carbons (Fsp3) is 0.667. The van der Waals surface area contributed by atoms with Crippen molar-refractivity contribution < 1.29 is 9.90 Å². The van der Waals surface area contributed by atoms with E-state index in [1.807, 2.05) is 4.72 Å². The van der Waals surface area contributed by atoms with Crippen LogP contribution in [0.15, 0.2) is 0 Å². The van der Waals surface area contributed by atoms with Gasteiger partial charge in [-0.15, -0.1) is 11.6 Å². The minimum absolute atomic E-state index is 0.105. The summed E-state index contributed by atoms with van der Waals surface area (Å²) >= 11 is 8.47. The van der Waals surface area contributed by atoms with E-state index in [1.54, 1.807) is 0 Å². The van der Waals surface area contributed by atoms with Gasteiger partial charge in [-0.3, -0.25) is 4.79 Å². The number of carbonyl (C=O) groups is 1. The van der Waals surface area contributed by atoms with E-state index in [4.69, 9.17) is 16.7 Å². The molecule has 1 amide bonds. The molecule has 0 saturated carbocycles. The largest absolute Gasteiger partial charge is 0.382 e. The second-order valence-corrected chi connectivity index (χ2v) is 1.68. The van der Waals surface area contributed by atoms with Crippen LogP contribution in [0.4, 0.5) is 0 Å². The van der Waals surface area contributed by atoms with Crippen molar-refractivity contribution in [2.75, 3.05) is 5.88 Å². The Morgan fingerprint density at radius 2 is 2.50 bits per heavy atom. The van der Waals surface area contributed by atoms with Crippen LogP contribution in [0.3, 0.4) is 0 Å². The summed E-state index contributed by atoms with van der Waals surface area (Å²) < 4.78 is 1.94. The number of hydrogen-bond donors (Lipinski definition) is 3. The number of amides is 1. The van der Waals surface area contributed by atoms with E-state index in [1.165, 1.54) is 0 Å². The van der Waals surface area contributed by atoms with Gasteiger partial charge in [-0.1, -0.05) is 12.8 Å². The molecule has 0 fully saturated rings. The van der Waals surface area contributed by atoms with Crippen molar-refractivity contribution in [3.63, 3.8) is 0 Å². The Bertz CT molecular complexity index is 89.4. The van der Waals surface area contributed by atoms with Crippen molar-refractivity contribution >= 4 is 30.3 Å². The normalized spacial score (nSPS) is 12.9. The molecule has 2 N–H and O–H groups in total. The predicted octanol–water partition coefficient (Wildman–Crippen LogP) is -0.453. The lowest BCUT2D eigenvalue weighted by atomic mass is 10.4. The average molecular weight is 156 g/mol. The van der Waals surface area contributed by atoms with Gasteiger partial charge in [0.05, 0.1) is 5.88 Å². The second-order valence-electron chi connectivity index (χ2n) is 1.15. The molecule has 0 aromatic heterocycles. The zero-order chi connectivity index (χ0) is 6.57. The van der Waals surface area contributed by atoms with Gasteiger partial charge in [0, 0.05) is 0 Å². The number of hydrogen-bond acceptors (Lipinski definition) is 3. The van der Waals surface area contributed by atoms with Crippen LogP contribution in [-0.2, 0) is 4.79 Å². The molecule has 1 atom stereocenters. The SMILES string of the molecule is O=C(NS)C(O)CCl. The van der Waals surface area contributed by atoms with Gasteiger partial charge in [-0.25, -0.2) is 0 Å². The number of rotatable bonds is 2. The molecule has 0 aromatic carbocycles. The van der Waals surface area contributed by atoms with E-state index < -0.39 is 12.0 Å². The number of thiol groups is 1. The second kappa shape index (κ2) is 4.00. The molecule has 0 aliphatic carbocycles. The van der Waals surface area contributed by atoms with E-state index in [0.29, 0.717) is 0 Å². The maximum Gasteiger partial charge on any atom is 0.259 e. The number of aliphatic hydroxyl groups is 1. The van der Waals surface area contributed by atoms with E-state index in [0.717, 1.165) is 0 Å². The summed E-state index contributed by atoms with van der Waals surface area (Å²) in [5.74, 6) is -0.685. The first-order valence-corrected chi connectivity index (χ1v) is 2.88. The van der Waals surface area contributed by atoms with Crippen LogP contribution in [0.25, 0.3) is 0 Å². The smallest absolute Gasteiger partial charge is 0.259 e. The quantitative estimate of drug-likeness (QED) is 0.374. The Kier molecular flexibility index (Phi) is 4.03. The van der Waals surface area contributed by atoms with Crippen molar-refractivity contribution in [1.82, 2.24) is 4.72 Å². The molecule has 0 aromatic rings. The summed E-state index contributed by atoms with van der Waals surface area (Å²) in [6.07, 6.45) is -1.14. The highest BCUT2D eigenvalue weighted by Crippen LogP contribution is 1.86. The Hall–Kier alpha value is 0.0700. The fourth-order valence-electron chi connectivity index (χ4n) is 0.145. The Labute approximate surface area is 57.6 Å². The van der Waals surface area contributed by atoms with Crippen molar-refractivity contribution in [3.8, 4) is 0 Å². The minimum atomic E-state index is -1.14. The third-order valence-corrected chi connectivity index (χ3v) is 1.07. The molecule has 1 unspecified atom stereocenters. The maximum atomic E-state index is 10.2. The maximum absolute atomic E-state index is 10.2. The number of nitrogens with one attached hydrogen (secondary N) is 1. The van der Waals surface area contributed by atoms with Crippen LogP contribution >= 0.6 is 24.4 Å². The molecule has 8 heavy (non-hydrogen) atoms.